The van der Waals surface area contributed by atoms with Crippen LogP contribution in [0.15, 0.2) is 23.6 Å². The van der Waals surface area contributed by atoms with E-state index in [0.717, 1.165) is 17.4 Å². The molecule has 4 nitrogen and oxygen atoms in total. The van der Waals surface area contributed by atoms with Gasteiger partial charge in [-0.2, -0.15) is 0 Å². The zero-order valence-corrected chi connectivity index (χ0v) is 12.1. The van der Waals surface area contributed by atoms with Crippen LogP contribution in [0.1, 0.15) is 6.92 Å². The number of amides is 1. The third-order valence-electron chi connectivity index (χ3n) is 2.19. The van der Waals surface area contributed by atoms with E-state index >= 15 is 0 Å². The number of nitrogens with one attached hydrogen (secondary N) is 1. The Morgan fingerprint density at radius 3 is 2.71 bits per heavy atom. The molecule has 0 saturated heterocycles. The highest BCUT2D eigenvalue weighted by atomic mass is 35.5. The van der Waals surface area contributed by atoms with E-state index in [4.69, 9.17) is 11.6 Å². The Hall–Kier alpha value is -1.80. The Balaban J connectivity index is 2.31. The molecule has 1 aromatic heterocycles. The smallest absolute Gasteiger partial charge is 0.406 e. The molecular formula is C12H8ClF3N2O2S. The fourth-order valence-electron chi connectivity index (χ4n) is 1.52. The maximum Gasteiger partial charge on any atom is 0.573 e. The van der Waals surface area contributed by atoms with E-state index < -0.39 is 12.1 Å². The molecule has 0 atom stereocenters. The van der Waals surface area contributed by atoms with E-state index in [1.165, 1.54) is 19.1 Å². The first-order valence-corrected chi connectivity index (χ1v) is 6.78. The van der Waals surface area contributed by atoms with E-state index in [-0.39, 0.29) is 10.9 Å². The molecule has 1 heterocycles. The first kappa shape index (κ1) is 15.6. The van der Waals surface area contributed by atoms with Crippen molar-refractivity contribution in [3.8, 4) is 17.0 Å². The summed E-state index contributed by atoms with van der Waals surface area (Å²) >= 11 is 6.93. The SMILES string of the molecule is CC(=O)Nc1nc(-c2cc(Cl)cc(OC(F)(F)F)c2)cs1. The van der Waals surface area contributed by atoms with Gasteiger partial charge in [0.1, 0.15) is 5.75 Å². The minimum absolute atomic E-state index is 0.0841. The number of aromatic nitrogens is 1. The van der Waals surface area contributed by atoms with Crippen molar-refractivity contribution in [1.29, 1.82) is 0 Å². The van der Waals surface area contributed by atoms with Gasteiger partial charge in [-0.1, -0.05) is 11.6 Å². The molecule has 112 valence electrons. The highest BCUT2D eigenvalue weighted by molar-refractivity contribution is 7.14. The van der Waals surface area contributed by atoms with Crippen molar-refractivity contribution >= 4 is 34.0 Å². The molecule has 0 aliphatic rings. The van der Waals surface area contributed by atoms with Gasteiger partial charge in [-0.3, -0.25) is 4.79 Å². The number of nitrogens with zero attached hydrogens (tertiary/aromatic N) is 1. The predicted octanol–water partition coefficient (Wildman–Crippen LogP) is 4.32. The maximum absolute atomic E-state index is 12.2. The van der Waals surface area contributed by atoms with Crippen molar-refractivity contribution in [1.82, 2.24) is 4.98 Å². The molecule has 0 spiro atoms. The van der Waals surface area contributed by atoms with Crippen molar-refractivity contribution in [2.24, 2.45) is 0 Å². The number of halogens is 4. The van der Waals surface area contributed by atoms with Gasteiger partial charge >= 0.3 is 6.36 Å². The van der Waals surface area contributed by atoms with Gasteiger partial charge in [0.25, 0.3) is 0 Å². The number of thiazole rings is 1. The van der Waals surface area contributed by atoms with Gasteiger partial charge in [0.2, 0.25) is 5.91 Å². The van der Waals surface area contributed by atoms with E-state index in [0.29, 0.717) is 16.4 Å². The van der Waals surface area contributed by atoms with Crippen LogP contribution >= 0.6 is 22.9 Å². The molecular weight excluding hydrogens is 329 g/mol. The Bertz CT molecular complexity index is 673. The normalized spacial score (nSPS) is 11.3. The second kappa shape index (κ2) is 5.90. The molecule has 0 unspecified atom stereocenters. The second-order valence-electron chi connectivity index (χ2n) is 3.94. The largest absolute Gasteiger partial charge is 0.573 e. The molecule has 0 aliphatic carbocycles. The summed E-state index contributed by atoms with van der Waals surface area (Å²) in [6.07, 6.45) is -4.80. The average Bonchev–Trinajstić information content (AvgIpc) is 2.73. The van der Waals surface area contributed by atoms with Gasteiger partial charge in [-0.15, -0.1) is 24.5 Å². The Labute approximate surface area is 126 Å². The highest BCUT2D eigenvalue weighted by Gasteiger charge is 2.31. The molecule has 21 heavy (non-hydrogen) atoms. The summed E-state index contributed by atoms with van der Waals surface area (Å²) in [6, 6.07) is 3.68. The molecule has 0 bridgehead atoms. The van der Waals surface area contributed by atoms with E-state index in [1.54, 1.807) is 5.38 Å². The maximum atomic E-state index is 12.2. The van der Waals surface area contributed by atoms with Gasteiger partial charge in [0.15, 0.2) is 5.13 Å². The lowest BCUT2D eigenvalue weighted by Gasteiger charge is -2.10. The van der Waals surface area contributed by atoms with Gasteiger partial charge < -0.3 is 10.1 Å². The number of rotatable bonds is 3. The molecule has 9 heteroatoms. The van der Waals surface area contributed by atoms with Gasteiger partial charge in [-0.05, 0) is 18.2 Å². The first-order chi connectivity index (χ1) is 9.73. The van der Waals surface area contributed by atoms with Crippen LogP contribution in [0.25, 0.3) is 11.3 Å². The van der Waals surface area contributed by atoms with Crippen molar-refractivity contribution < 1.29 is 22.7 Å². The van der Waals surface area contributed by atoms with E-state index in [1.807, 2.05) is 0 Å². The zero-order valence-electron chi connectivity index (χ0n) is 10.5. The summed E-state index contributed by atoms with van der Waals surface area (Å²) < 4.78 is 40.5. The number of carbonyl (C=O) groups excluding carboxylic acids is 1. The lowest BCUT2D eigenvalue weighted by molar-refractivity contribution is -0.274. The molecule has 1 N–H and O–H groups in total. The molecule has 2 rings (SSSR count). The summed E-state index contributed by atoms with van der Waals surface area (Å²) in [5.41, 5.74) is 0.743. The minimum atomic E-state index is -4.80. The summed E-state index contributed by atoms with van der Waals surface area (Å²) in [4.78, 5) is 15.0. The lowest BCUT2D eigenvalue weighted by atomic mass is 10.1. The molecule has 0 saturated carbocycles. The van der Waals surface area contributed by atoms with Crippen molar-refractivity contribution in [2.45, 2.75) is 13.3 Å². The topological polar surface area (TPSA) is 51.2 Å². The fourth-order valence-corrected chi connectivity index (χ4v) is 2.51. The van der Waals surface area contributed by atoms with Crippen molar-refractivity contribution in [2.75, 3.05) is 5.32 Å². The van der Waals surface area contributed by atoms with E-state index in [2.05, 4.69) is 15.0 Å². The van der Waals surface area contributed by atoms with Crippen LogP contribution in [0.4, 0.5) is 18.3 Å². The van der Waals surface area contributed by atoms with Crippen LogP contribution < -0.4 is 10.1 Å². The van der Waals surface area contributed by atoms with Crippen LogP contribution in [0.5, 0.6) is 5.75 Å². The number of ether oxygens (including phenoxy) is 1. The molecule has 2 aromatic rings. The Kier molecular flexibility index (Phi) is 4.38. The molecule has 1 amide bonds. The Morgan fingerprint density at radius 1 is 1.38 bits per heavy atom. The summed E-state index contributed by atoms with van der Waals surface area (Å²) in [6.45, 7) is 1.33. The fraction of sp³-hybridized carbons (Fsp3) is 0.167. The van der Waals surface area contributed by atoms with Crippen molar-refractivity contribution in [3.05, 3.63) is 28.6 Å². The first-order valence-electron chi connectivity index (χ1n) is 5.53. The summed E-state index contributed by atoms with van der Waals surface area (Å²) in [5, 5.41) is 4.51. The van der Waals surface area contributed by atoms with E-state index in [9.17, 15) is 18.0 Å². The number of hydrogen-bond acceptors (Lipinski definition) is 4. The number of carbonyl (C=O) groups is 1. The summed E-state index contributed by atoms with van der Waals surface area (Å²) in [7, 11) is 0. The quantitative estimate of drug-likeness (QED) is 0.908. The van der Waals surface area contributed by atoms with Crippen LogP contribution in [-0.4, -0.2) is 17.3 Å². The monoisotopic (exact) mass is 336 g/mol. The van der Waals surface area contributed by atoms with Crippen LogP contribution in [-0.2, 0) is 4.79 Å². The van der Waals surface area contributed by atoms with Crippen LogP contribution in [0.2, 0.25) is 5.02 Å². The highest BCUT2D eigenvalue weighted by Crippen LogP contribution is 2.32. The van der Waals surface area contributed by atoms with Gasteiger partial charge in [-0.25, -0.2) is 4.98 Å². The standard InChI is InChI=1S/C12H8ClF3N2O2S/c1-6(19)17-11-18-10(5-21-11)7-2-8(13)4-9(3-7)20-12(14,15)16/h2-5H,1H3,(H,17,18,19). The number of hydrogen-bond donors (Lipinski definition) is 1. The third kappa shape index (κ3) is 4.61. The average molecular weight is 337 g/mol. The molecule has 0 fully saturated rings. The second-order valence-corrected chi connectivity index (χ2v) is 5.24. The van der Waals surface area contributed by atoms with Crippen LogP contribution in [0, 0.1) is 0 Å². The minimum Gasteiger partial charge on any atom is -0.406 e. The zero-order chi connectivity index (χ0) is 15.6. The Morgan fingerprint density at radius 2 is 2.10 bits per heavy atom. The van der Waals surface area contributed by atoms with Gasteiger partial charge in [0, 0.05) is 22.9 Å². The molecule has 0 radical (unpaired) electrons. The van der Waals surface area contributed by atoms with Crippen LogP contribution in [0.3, 0.4) is 0 Å². The lowest BCUT2D eigenvalue weighted by Crippen LogP contribution is -2.17. The predicted molar refractivity (Wildman–Crippen MR) is 73.5 cm³/mol. The number of benzene rings is 1. The van der Waals surface area contributed by atoms with Gasteiger partial charge in [0.05, 0.1) is 5.69 Å². The third-order valence-corrected chi connectivity index (χ3v) is 3.16. The molecule has 0 aliphatic heterocycles. The molecule has 1 aromatic carbocycles. The van der Waals surface area contributed by atoms with Crippen molar-refractivity contribution in [3.63, 3.8) is 0 Å². The number of alkyl halides is 3. The summed E-state index contributed by atoms with van der Waals surface area (Å²) in [5.74, 6) is -0.720. The number of anilines is 1.